The van der Waals surface area contributed by atoms with Crippen LogP contribution in [-0.2, 0) is 0 Å². The number of aliphatic hydroxyl groups excluding tert-OH is 1. The molecule has 0 aliphatic rings. The maximum Gasteiger partial charge on any atom is 0.272 e. The summed E-state index contributed by atoms with van der Waals surface area (Å²) in [4.78, 5) is 19.2. The number of imidazole rings is 1. The Hall–Kier alpha value is -2.86. The van der Waals surface area contributed by atoms with Gasteiger partial charge in [0.05, 0.1) is 12.2 Å². The van der Waals surface area contributed by atoms with Crippen LogP contribution in [0.15, 0.2) is 48.7 Å². The van der Waals surface area contributed by atoms with Crippen LogP contribution in [0.3, 0.4) is 0 Å². The van der Waals surface area contributed by atoms with Crippen LogP contribution in [0.2, 0.25) is 0 Å². The van der Waals surface area contributed by atoms with Crippen molar-refractivity contribution in [1.29, 1.82) is 0 Å². The molecule has 0 fully saturated rings. The molecule has 0 radical (unpaired) electrons. The number of fused-ring (bicyclic) bond motifs is 1. The van der Waals surface area contributed by atoms with Gasteiger partial charge in [0.1, 0.15) is 29.8 Å². The van der Waals surface area contributed by atoms with Crippen LogP contribution < -0.4 is 4.74 Å². The number of aromatic nitrogens is 2. The lowest BCUT2D eigenvalue weighted by atomic mass is 10.2. The molecule has 0 saturated heterocycles. The predicted octanol–water partition coefficient (Wildman–Crippen LogP) is 2.85. The van der Waals surface area contributed by atoms with Crippen LogP contribution in [0.5, 0.6) is 5.75 Å². The first kappa shape index (κ1) is 18.9. The zero-order chi connectivity index (χ0) is 19.4. The van der Waals surface area contributed by atoms with Gasteiger partial charge in [0.15, 0.2) is 0 Å². The predicted molar refractivity (Wildman–Crippen MR) is 104 cm³/mol. The number of aryl methyl sites for hydroxylation is 2. The summed E-state index contributed by atoms with van der Waals surface area (Å²) in [6, 6.07) is 13.2. The summed E-state index contributed by atoms with van der Waals surface area (Å²) >= 11 is 0. The second-order valence-corrected chi connectivity index (χ2v) is 6.60. The van der Waals surface area contributed by atoms with Crippen molar-refractivity contribution in [2.24, 2.45) is 0 Å². The number of para-hydroxylation sites is 1. The maximum atomic E-state index is 13.1. The largest absolute Gasteiger partial charge is 0.491 e. The number of carbonyl (C=O) groups is 1. The van der Waals surface area contributed by atoms with E-state index in [1.807, 2.05) is 73.8 Å². The van der Waals surface area contributed by atoms with Crippen molar-refractivity contribution in [2.75, 3.05) is 19.7 Å². The van der Waals surface area contributed by atoms with Crippen molar-refractivity contribution in [3.8, 4) is 5.75 Å². The number of likely N-dealkylation sites (N-methyl/N-ethyl adjacent to an activating group) is 1. The van der Waals surface area contributed by atoms with Crippen molar-refractivity contribution < 1.29 is 14.6 Å². The standard InChI is InChI=1S/C21H25N3O3/c1-4-23(13-17(25)14-27-18-8-6-5-7-9-18)21(26)20-16(3)22-19-11-10-15(2)12-24(19)20/h5-12,17,25H,4,13-14H2,1-3H3. The number of pyridine rings is 1. The highest BCUT2D eigenvalue weighted by Gasteiger charge is 2.23. The van der Waals surface area contributed by atoms with Crippen molar-refractivity contribution >= 4 is 11.6 Å². The summed E-state index contributed by atoms with van der Waals surface area (Å²) < 4.78 is 7.41. The fourth-order valence-corrected chi connectivity index (χ4v) is 3.05. The molecule has 0 spiro atoms. The SMILES string of the molecule is CCN(CC(O)COc1ccccc1)C(=O)c1c(C)nc2ccc(C)cn12. The number of amides is 1. The number of hydrogen-bond donors (Lipinski definition) is 1. The molecule has 1 aromatic carbocycles. The van der Waals surface area contributed by atoms with Crippen LogP contribution in [-0.4, -0.2) is 51.1 Å². The van der Waals surface area contributed by atoms with Crippen LogP contribution >= 0.6 is 0 Å². The molecule has 0 aliphatic heterocycles. The highest BCUT2D eigenvalue weighted by atomic mass is 16.5. The average molecular weight is 367 g/mol. The van der Waals surface area contributed by atoms with Gasteiger partial charge in [-0.3, -0.25) is 9.20 Å². The number of benzene rings is 1. The van der Waals surface area contributed by atoms with E-state index in [2.05, 4.69) is 4.98 Å². The quantitative estimate of drug-likeness (QED) is 0.697. The van der Waals surface area contributed by atoms with E-state index in [4.69, 9.17) is 4.74 Å². The molecule has 0 saturated carbocycles. The summed E-state index contributed by atoms with van der Waals surface area (Å²) in [5.41, 5.74) is 3.00. The van der Waals surface area contributed by atoms with Gasteiger partial charge in [-0.2, -0.15) is 0 Å². The van der Waals surface area contributed by atoms with Crippen LogP contribution in [0.25, 0.3) is 5.65 Å². The number of hydrogen-bond acceptors (Lipinski definition) is 4. The van der Waals surface area contributed by atoms with E-state index in [-0.39, 0.29) is 19.1 Å². The molecule has 1 amide bonds. The third kappa shape index (κ3) is 4.28. The van der Waals surface area contributed by atoms with E-state index in [1.54, 1.807) is 4.90 Å². The molecular weight excluding hydrogens is 342 g/mol. The number of carbonyl (C=O) groups excluding carboxylic acids is 1. The molecule has 2 heterocycles. The molecule has 2 aromatic heterocycles. The third-order valence-corrected chi connectivity index (χ3v) is 4.43. The molecule has 142 valence electrons. The topological polar surface area (TPSA) is 67.1 Å². The van der Waals surface area contributed by atoms with E-state index in [1.165, 1.54) is 0 Å². The monoisotopic (exact) mass is 367 g/mol. The molecule has 6 heteroatoms. The molecule has 1 N–H and O–H groups in total. The second kappa shape index (κ2) is 8.22. The number of rotatable bonds is 7. The minimum atomic E-state index is -0.782. The van der Waals surface area contributed by atoms with Crippen molar-refractivity contribution in [3.63, 3.8) is 0 Å². The van der Waals surface area contributed by atoms with Crippen molar-refractivity contribution in [3.05, 3.63) is 65.6 Å². The first-order chi connectivity index (χ1) is 13.0. The lowest BCUT2D eigenvalue weighted by molar-refractivity contribution is 0.0509. The van der Waals surface area contributed by atoms with E-state index < -0.39 is 6.10 Å². The van der Waals surface area contributed by atoms with Crippen molar-refractivity contribution in [2.45, 2.75) is 26.9 Å². The Labute approximate surface area is 159 Å². The van der Waals surface area contributed by atoms with E-state index >= 15 is 0 Å². The molecule has 27 heavy (non-hydrogen) atoms. The van der Waals surface area contributed by atoms with Crippen LogP contribution in [0, 0.1) is 13.8 Å². The summed E-state index contributed by atoms with van der Waals surface area (Å²) in [5.74, 6) is 0.547. The first-order valence-corrected chi connectivity index (χ1v) is 9.10. The molecule has 3 rings (SSSR count). The van der Waals surface area contributed by atoms with Gasteiger partial charge in [-0.05, 0) is 44.5 Å². The minimum absolute atomic E-state index is 0.124. The van der Waals surface area contributed by atoms with Gasteiger partial charge in [-0.1, -0.05) is 24.3 Å². The fraction of sp³-hybridized carbons (Fsp3) is 0.333. The van der Waals surface area contributed by atoms with E-state index in [0.29, 0.717) is 23.7 Å². The van der Waals surface area contributed by atoms with Gasteiger partial charge in [0, 0.05) is 12.7 Å². The smallest absolute Gasteiger partial charge is 0.272 e. The molecule has 1 atom stereocenters. The summed E-state index contributed by atoms with van der Waals surface area (Å²) in [6.45, 7) is 6.51. The normalized spacial score (nSPS) is 12.1. The summed E-state index contributed by atoms with van der Waals surface area (Å²) in [7, 11) is 0. The molecule has 3 aromatic rings. The zero-order valence-electron chi connectivity index (χ0n) is 15.9. The lowest BCUT2D eigenvalue weighted by Crippen LogP contribution is -2.40. The fourth-order valence-electron chi connectivity index (χ4n) is 3.05. The second-order valence-electron chi connectivity index (χ2n) is 6.60. The van der Waals surface area contributed by atoms with Gasteiger partial charge in [-0.25, -0.2) is 4.98 Å². The van der Waals surface area contributed by atoms with Gasteiger partial charge >= 0.3 is 0 Å². The highest BCUT2D eigenvalue weighted by Crippen LogP contribution is 2.16. The number of ether oxygens (including phenoxy) is 1. The highest BCUT2D eigenvalue weighted by molar-refractivity contribution is 5.94. The van der Waals surface area contributed by atoms with Gasteiger partial charge in [-0.15, -0.1) is 0 Å². The molecule has 0 bridgehead atoms. The Kier molecular flexibility index (Phi) is 5.76. The maximum absolute atomic E-state index is 13.1. The Balaban J connectivity index is 1.72. The van der Waals surface area contributed by atoms with E-state index in [9.17, 15) is 9.90 Å². The van der Waals surface area contributed by atoms with Crippen LogP contribution in [0.4, 0.5) is 0 Å². The Morgan fingerprint density at radius 2 is 1.96 bits per heavy atom. The van der Waals surface area contributed by atoms with Gasteiger partial charge in [0.25, 0.3) is 5.91 Å². The van der Waals surface area contributed by atoms with Gasteiger partial charge in [0.2, 0.25) is 0 Å². The minimum Gasteiger partial charge on any atom is -0.491 e. The van der Waals surface area contributed by atoms with Crippen LogP contribution in [0.1, 0.15) is 28.7 Å². The molecular formula is C21H25N3O3. The first-order valence-electron chi connectivity index (χ1n) is 9.10. The summed E-state index contributed by atoms with van der Waals surface area (Å²) in [5, 5.41) is 10.3. The van der Waals surface area contributed by atoms with Crippen molar-refractivity contribution in [1.82, 2.24) is 14.3 Å². The zero-order valence-corrected chi connectivity index (χ0v) is 15.9. The molecule has 1 unspecified atom stereocenters. The molecule has 6 nitrogen and oxygen atoms in total. The third-order valence-electron chi connectivity index (χ3n) is 4.43. The molecule has 0 aliphatic carbocycles. The lowest BCUT2D eigenvalue weighted by Gasteiger charge is -2.24. The number of nitrogens with zero attached hydrogens (tertiary/aromatic N) is 3. The Morgan fingerprint density at radius 3 is 2.67 bits per heavy atom. The Bertz CT molecular complexity index is 921. The Morgan fingerprint density at radius 1 is 1.22 bits per heavy atom. The van der Waals surface area contributed by atoms with Gasteiger partial charge < -0.3 is 14.7 Å². The average Bonchev–Trinajstić information content (AvgIpc) is 2.99. The van der Waals surface area contributed by atoms with E-state index in [0.717, 1.165) is 11.2 Å². The number of aliphatic hydroxyl groups is 1. The summed E-state index contributed by atoms with van der Waals surface area (Å²) in [6.07, 6.45) is 1.13.